The molecule has 1 aromatic carbocycles. The molecule has 1 aromatic rings. The summed E-state index contributed by atoms with van der Waals surface area (Å²) in [7, 11) is 2.61. The van der Waals surface area contributed by atoms with Crippen LogP contribution in [-0.4, -0.2) is 19.4 Å². The van der Waals surface area contributed by atoms with Crippen LogP contribution < -0.4 is 15.0 Å². The molecule has 0 fully saturated rings. The van der Waals surface area contributed by atoms with Gasteiger partial charge in [-0.2, -0.15) is 0 Å². The summed E-state index contributed by atoms with van der Waals surface area (Å²) in [5.41, 5.74) is 1.61. The Kier molecular flexibility index (Phi) is 3.81. The molecule has 0 aliphatic rings. The fourth-order valence-corrected chi connectivity index (χ4v) is 1.25. The molecule has 6 heteroatoms. The highest BCUT2D eigenvalue weighted by Crippen LogP contribution is 2.34. The number of hydrogen-bond donors (Lipinski definition) is 2. The lowest BCUT2D eigenvalue weighted by atomic mass is 10.1. The van der Waals surface area contributed by atoms with Crippen LogP contribution in [0, 0.1) is 11.6 Å². The third-order valence-electron chi connectivity index (χ3n) is 1.91. The lowest BCUT2D eigenvalue weighted by molar-refractivity contribution is 0.158. The van der Waals surface area contributed by atoms with E-state index in [2.05, 4.69) is 0 Å². The number of hydroxylamine groups is 1. The van der Waals surface area contributed by atoms with Gasteiger partial charge in [-0.3, -0.25) is 0 Å². The van der Waals surface area contributed by atoms with Crippen molar-refractivity contribution in [3.8, 4) is 11.5 Å². The molecule has 0 saturated heterocycles. The number of nitrogens with one attached hydrogen (secondary N) is 1. The lowest BCUT2D eigenvalue weighted by Crippen LogP contribution is -2.11. The van der Waals surface area contributed by atoms with Gasteiger partial charge in [0.2, 0.25) is 0 Å². The number of ether oxygens (including phenoxy) is 2. The monoisotopic (exact) mass is 219 g/mol. The van der Waals surface area contributed by atoms with E-state index in [1.807, 2.05) is 0 Å². The van der Waals surface area contributed by atoms with E-state index < -0.39 is 11.6 Å². The number of hydrogen-bond acceptors (Lipinski definition) is 4. The lowest BCUT2D eigenvalue weighted by Gasteiger charge is -2.13. The molecular formula is C9H11F2NO3. The molecule has 84 valence electrons. The molecule has 0 bridgehead atoms. The SMILES string of the molecule is COc1cc(F)c(F)c(CNO)c1OC. The van der Waals surface area contributed by atoms with Gasteiger partial charge >= 0.3 is 0 Å². The molecule has 0 unspecified atom stereocenters. The fraction of sp³-hybridized carbons (Fsp3) is 0.333. The maximum atomic E-state index is 13.3. The van der Waals surface area contributed by atoms with E-state index >= 15 is 0 Å². The molecule has 0 aliphatic carbocycles. The average Bonchev–Trinajstić information content (AvgIpc) is 2.24. The second-order valence-electron chi connectivity index (χ2n) is 2.72. The number of halogens is 2. The maximum Gasteiger partial charge on any atom is 0.168 e. The summed E-state index contributed by atoms with van der Waals surface area (Å²) in [5.74, 6) is -2.01. The highest BCUT2D eigenvalue weighted by molar-refractivity contribution is 5.47. The summed E-state index contributed by atoms with van der Waals surface area (Å²) in [5, 5.41) is 8.48. The van der Waals surface area contributed by atoms with Crippen molar-refractivity contribution in [2.45, 2.75) is 6.54 Å². The van der Waals surface area contributed by atoms with Crippen LogP contribution in [0.2, 0.25) is 0 Å². The average molecular weight is 219 g/mol. The normalized spacial score (nSPS) is 10.2. The van der Waals surface area contributed by atoms with Gasteiger partial charge in [0.1, 0.15) is 0 Å². The second-order valence-corrected chi connectivity index (χ2v) is 2.72. The summed E-state index contributed by atoms with van der Waals surface area (Å²) < 4.78 is 36.0. The van der Waals surface area contributed by atoms with Gasteiger partial charge in [0, 0.05) is 6.07 Å². The molecule has 2 N–H and O–H groups in total. The quantitative estimate of drug-likeness (QED) is 0.753. The van der Waals surface area contributed by atoms with Crippen molar-refractivity contribution in [2.24, 2.45) is 0 Å². The zero-order valence-corrected chi connectivity index (χ0v) is 8.30. The van der Waals surface area contributed by atoms with Crippen LogP contribution in [-0.2, 0) is 6.54 Å². The predicted molar refractivity (Wildman–Crippen MR) is 48.1 cm³/mol. The summed E-state index contributed by atoms with van der Waals surface area (Å²) in [4.78, 5) is 0. The topological polar surface area (TPSA) is 50.7 Å². The van der Waals surface area contributed by atoms with Crippen LogP contribution in [0.3, 0.4) is 0 Å². The molecule has 0 spiro atoms. The highest BCUT2D eigenvalue weighted by atomic mass is 19.2. The Bertz CT molecular complexity index is 358. The fourth-order valence-electron chi connectivity index (χ4n) is 1.25. The molecule has 15 heavy (non-hydrogen) atoms. The van der Waals surface area contributed by atoms with Crippen LogP contribution in [0.15, 0.2) is 6.07 Å². The third-order valence-corrected chi connectivity index (χ3v) is 1.91. The Labute approximate surface area is 85.4 Å². The van der Waals surface area contributed by atoms with Crippen LogP contribution >= 0.6 is 0 Å². The largest absolute Gasteiger partial charge is 0.493 e. The van der Waals surface area contributed by atoms with Crippen molar-refractivity contribution in [2.75, 3.05) is 14.2 Å². The van der Waals surface area contributed by atoms with E-state index in [1.54, 1.807) is 5.48 Å². The van der Waals surface area contributed by atoms with E-state index in [4.69, 9.17) is 14.7 Å². The molecule has 1 rings (SSSR count). The molecule has 0 atom stereocenters. The zero-order chi connectivity index (χ0) is 11.4. The first kappa shape index (κ1) is 11.7. The predicted octanol–water partition coefficient (Wildman–Crippen LogP) is 1.46. The standard InChI is InChI=1S/C9H11F2NO3/c1-14-7-3-6(10)8(11)5(4-12-13)9(7)15-2/h3,12-13H,4H2,1-2H3. The third kappa shape index (κ3) is 2.16. The molecule has 0 radical (unpaired) electrons. The molecule has 0 aromatic heterocycles. The van der Waals surface area contributed by atoms with Crippen LogP contribution in [0.1, 0.15) is 5.56 Å². The van der Waals surface area contributed by atoms with Gasteiger partial charge in [0.05, 0.1) is 26.3 Å². The van der Waals surface area contributed by atoms with Crippen molar-refractivity contribution < 1.29 is 23.5 Å². The summed E-state index contributed by atoms with van der Waals surface area (Å²) in [6.07, 6.45) is 0. The van der Waals surface area contributed by atoms with E-state index in [9.17, 15) is 8.78 Å². The van der Waals surface area contributed by atoms with Crippen molar-refractivity contribution in [3.63, 3.8) is 0 Å². The van der Waals surface area contributed by atoms with E-state index in [-0.39, 0.29) is 23.6 Å². The minimum absolute atomic E-state index is 0.0537. The van der Waals surface area contributed by atoms with Gasteiger partial charge in [-0.25, -0.2) is 14.3 Å². The first-order chi connectivity index (χ1) is 7.15. The zero-order valence-electron chi connectivity index (χ0n) is 8.30. The second kappa shape index (κ2) is 4.90. The molecule has 4 nitrogen and oxygen atoms in total. The first-order valence-corrected chi connectivity index (χ1v) is 4.11. The van der Waals surface area contributed by atoms with Gasteiger partial charge in [-0.05, 0) is 0 Å². The maximum absolute atomic E-state index is 13.3. The van der Waals surface area contributed by atoms with Crippen molar-refractivity contribution in [1.82, 2.24) is 5.48 Å². The highest BCUT2D eigenvalue weighted by Gasteiger charge is 2.19. The van der Waals surface area contributed by atoms with Gasteiger partial charge in [0.25, 0.3) is 0 Å². The summed E-state index contributed by atoms with van der Waals surface area (Å²) in [6.45, 7) is -0.275. The molecular weight excluding hydrogens is 208 g/mol. The van der Waals surface area contributed by atoms with Crippen molar-refractivity contribution >= 4 is 0 Å². The number of methoxy groups -OCH3 is 2. The van der Waals surface area contributed by atoms with Crippen LogP contribution in [0.25, 0.3) is 0 Å². The van der Waals surface area contributed by atoms with E-state index in [0.29, 0.717) is 0 Å². The minimum atomic E-state index is -1.07. The van der Waals surface area contributed by atoms with Gasteiger partial charge in [-0.1, -0.05) is 0 Å². The molecule has 0 amide bonds. The van der Waals surface area contributed by atoms with Gasteiger partial charge in [0.15, 0.2) is 23.1 Å². The minimum Gasteiger partial charge on any atom is -0.493 e. The smallest absolute Gasteiger partial charge is 0.168 e. The Balaban J connectivity index is 3.35. The van der Waals surface area contributed by atoms with E-state index in [0.717, 1.165) is 6.07 Å². The summed E-state index contributed by atoms with van der Waals surface area (Å²) >= 11 is 0. The van der Waals surface area contributed by atoms with Gasteiger partial charge < -0.3 is 14.7 Å². The number of benzene rings is 1. The number of rotatable bonds is 4. The van der Waals surface area contributed by atoms with E-state index in [1.165, 1.54) is 14.2 Å². The Morgan fingerprint density at radius 1 is 1.33 bits per heavy atom. The Hall–Kier alpha value is -1.40. The van der Waals surface area contributed by atoms with Crippen molar-refractivity contribution in [1.29, 1.82) is 0 Å². The molecule has 0 heterocycles. The van der Waals surface area contributed by atoms with Crippen molar-refractivity contribution in [3.05, 3.63) is 23.3 Å². The molecule has 0 aliphatic heterocycles. The van der Waals surface area contributed by atoms with Crippen LogP contribution in [0.4, 0.5) is 8.78 Å². The first-order valence-electron chi connectivity index (χ1n) is 4.11. The van der Waals surface area contributed by atoms with Crippen LogP contribution in [0.5, 0.6) is 11.5 Å². The van der Waals surface area contributed by atoms with Gasteiger partial charge in [-0.15, -0.1) is 0 Å². The Morgan fingerprint density at radius 3 is 2.47 bits per heavy atom. The Morgan fingerprint density at radius 2 is 2.00 bits per heavy atom. The molecule has 0 saturated carbocycles. The summed E-state index contributed by atoms with van der Waals surface area (Å²) in [6, 6.07) is 0.884.